The molecule has 19 heavy (non-hydrogen) atoms. The minimum Gasteiger partial charge on any atom is -0.487 e. The zero-order chi connectivity index (χ0) is 13.8. The van der Waals surface area contributed by atoms with Crippen molar-refractivity contribution in [2.45, 2.75) is 32.4 Å². The molecule has 0 radical (unpaired) electrons. The van der Waals surface area contributed by atoms with Gasteiger partial charge in [-0.05, 0) is 31.0 Å². The Kier molecular flexibility index (Phi) is 4.27. The summed E-state index contributed by atoms with van der Waals surface area (Å²) in [5.41, 5.74) is 7.70. The third-order valence-corrected chi connectivity index (χ3v) is 3.22. The van der Waals surface area contributed by atoms with Crippen molar-refractivity contribution in [3.63, 3.8) is 0 Å². The molecule has 0 fully saturated rings. The third-order valence-electron chi connectivity index (χ3n) is 3.22. The summed E-state index contributed by atoms with van der Waals surface area (Å²) < 4.78 is 5.82. The largest absolute Gasteiger partial charge is 0.487 e. The van der Waals surface area contributed by atoms with E-state index in [1.807, 2.05) is 25.1 Å². The lowest BCUT2D eigenvalue weighted by Gasteiger charge is -2.35. The predicted molar refractivity (Wildman–Crippen MR) is 73.5 cm³/mol. The molecule has 2 rings (SSSR count). The van der Waals surface area contributed by atoms with E-state index in [4.69, 9.17) is 15.6 Å². The SMILES string of the molecule is CC1CN(CCCC(=O)O)c2ccc(CN)cc2O1. The molecule has 1 aliphatic rings. The van der Waals surface area contributed by atoms with Crippen molar-refractivity contribution in [1.29, 1.82) is 0 Å². The van der Waals surface area contributed by atoms with Crippen LogP contribution >= 0.6 is 0 Å². The van der Waals surface area contributed by atoms with Crippen LogP contribution in [0.1, 0.15) is 25.3 Å². The molecule has 3 N–H and O–H groups in total. The Balaban J connectivity index is 2.12. The first-order valence-corrected chi connectivity index (χ1v) is 6.56. The smallest absolute Gasteiger partial charge is 0.303 e. The number of carboxylic acids is 1. The van der Waals surface area contributed by atoms with E-state index in [9.17, 15) is 4.79 Å². The number of carboxylic acid groups (broad SMARTS) is 1. The maximum absolute atomic E-state index is 10.6. The molecule has 1 aromatic carbocycles. The van der Waals surface area contributed by atoms with Crippen LogP contribution in [0.3, 0.4) is 0 Å². The maximum atomic E-state index is 10.6. The van der Waals surface area contributed by atoms with Gasteiger partial charge in [0.1, 0.15) is 11.9 Å². The minimum atomic E-state index is -0.750. The molecule has 5 heteroatoms. The number of hydrogen-bond acceptors (Lipinski definition) is 4. The van der Waals surface area contributed by atoms with Gasteiger partial charge in [-0.1, -0.05) is 6.07 Å². The summed E-state index contributed by atoms with van der Waals surface area (Å²) in [6, 6.07) is 5.96. The van der Waals surface area contributed by atoms with E-state index < -0.39 is 5.97 Å². The molecule has 1 heterocycles. The lowest BCUT2D eigenvalue weighted by atomic mass is 10.1. The number of aliphatic carboxylic acids is 1. The summed E-state index contributed by atoms with van der Waals surface area (Å²) in [6.45, 7) is 4.02. The molecule has 104 valence electrons. The zero-order valence-corrected chi connectivity index (χ0v) is 11.1. The van der Waals surface area contributed by atoms with Crippen molar-refractivity contribution in [3.8, 4) is 5.75 Å². The molecule has 0 amide bonds. The monoisotopic (exact) mass is 264 g/mol. The summed E-state index contributed by atoms with van der Waals surface area (Å²) in [5.74, 6) is 0.0945. The molecule has 0 saturated heterocycles. The number of rotatable bonds is 5. The van der Waals surface area contributed by atoms with Gasteiger partial charge < -0.3 is 20.5 Å². The molecule has 1 aliphatic heterocycles. The van der Waals surface area contributed by atoms with Gasteiger partial charge in [0.05, 0.1) is 12.2 Å². The number of carbonyl (C=O) groups is 1. The van der Waals surface area contributed by atoms with E-state index in [1.54, 1.807) is 0 Å². The Morgan fingerprint density at radius 3 is 3.05 bits per heavy atom. The summed E-state index contributed by atoms with van der Waals surface area (Å²) in [4.78, 5) is 12.8. The molecule has 0 spiro atoms. The molecule has 0 saturated carbocycles. The highest BCUT2D eigenvalue weighted by Gasteiger charge is 2.22. The topological polar surface area (TPSA) is 75.8 Å². The molecule has 0 bridgehead atoms. The quantitative estimate of drug-likeness (QED) is 0.844. The van der Waals surface area contributed by atoms with E-state index in [0.717, 1.165) is 30.1 Å². The van der Waals surface area contributed by atoms with Crippen molar-refractivity contribution < 1.29 is 14.6 Å². The Hall–Kier alpha value is -1.75. The number of nitrogens with zero attached hydrogens (tertiary/aromatic N) is 1. The van der Waals surface area contributed by atoms with E-state index >= 15 is 0 Å². The Bertz CT molecular complexity index is 462. The van der Waals surface area contributed by atoms with Crippen LogP contribution in [0.15, 0.2) is 18.2 Å². The first-order valence-electron chi connectivity index (χ1n) is 6.56. The Morgan fingerprint density at radius 2 is 2.37 bits per heavy atom. The Labute approximate surface area is 113 Å². The van der Waals surface area contributed by atoms with Crippen molar-refractivity contribution in [3.05, 3.63) is 23.8 Å². The molecular formula is C14H20N2O3. The van der Waals surface area contributed by atoms with E-state index in [1.165, 1.54) is 0 Å². The summed E-state index contributed by atoms with van der Waals surface area (Å²) in [7, 11) is 0. The van der Waals surface area contributed by atoms with Gasteiger partial charge in [-0.3, -0.25) is 4.79 Å². The number of nitrogens with two attached hydrogens (primary N) is 1. The second-order valence-corrected chi connectivity index (χ2v) is 4.88. The predicted octanol–water partition coefficient (Wildman–Crippen LogP) is 1.60. The van der Waals surface area contributed by atoms with Gasteiger partial charge in [-0.25, -0.2) is 0 Å². The van der Waals surface area contributed by atoms with Crippen LogP contribution < -0.4 is 15.4 Å². The second-order valence-electron chi connectivity index (χ2n) is 4.88. The van der Waals surface area contributed by atoms with Gasteiger partial charge in [0.25, 0.3) is 0 Å². The zero-order valence-electron chi connectivity index (χ0n) is 11.1. The molecule has 5 nitrogen and oxygen atoms in total. The van der Waals surface area contributed by atoms with Crippen LogP contribution in [0.2, 0.25) is 0 Å². The first kappa shape index (κ1) is 13.7. The number of hydrogen-bond donors (Lipinski definition) is 2. The fourth-order valence-corrected chi connectivity index (χ4v) is 2.34. The fourth-order valence-electron chi connectivity index (χ4n) is 2.34. The molecule has 1 unspecified atom stereocenters. The molecule has 0 aromatic heterocycles. The van der Waals surface area contributed by atoms with Crippen molar-refractivity contribution in [2.75, 3.05) is 18.0 Å². The summed E-state index contributed by atoms with van der Waals surface area (Å²) in [6.07, 6.45) is 0.938. The van der Waals surface area contributed by atoms with Gasteiger partial charge in [0.15, 0.2) is 0 Å². The second kappa shape index (κ2) is 5.93. The molecule has 0 aliphatic carbocycles. The van der Waals surface area contributed by atoms with E-state index in [-0.39, 0.29) is 12.5 Å². The van der Waals surface area contributed by atoms with Gasteiger partial charge in [0.2, 0.25) is 0 Å². The van der Waals surface area contributed by atoms with Gasteiger partial charge in [-0.15, -0.1) is 0 Å². The number of benzene rings is 1. The number of anilines is 1. The minimum absolute atomic E-state index is 0.102. The summed E-state index contributed by atoms with van der Waals surface area (Å²) >= 11 is 0. The standard InChI is InChI=1S/C14H20N2O3/c1-10-9-16(6-2-3-14(17)18)12-5-4-11(8-15)7-13(12)19-10/h4-5,7,10H,2-3,6,8-9,15H2,1H3,(H,17,18). The van der Waals surface area contributed by atoms with Gasteiger partial charge >= 0.3 is 5.97 Å². The third kappa shape index (κ3) is 3.38. The average molecular weight is 264 g/mol. The normalized spacial score (nSPS) is 17.8. The van der Waals surface area contributed by atoms with Crippen LogP contribution in [0.4, 0.5) is 5.69 Å². The molecular weight excluding hydrogens is 244 g/mol. The number of fused-ring (bicyclic) bond motifs is 1. The van der Waals surface area contributed by atoms with Crippen LogP contribution in [-0.2, 0) is 11.3 Å². The lowest BCUT2D eigenvalue weighted by molar-refractivity contribution is -0.137. The van der Waals surface area contributed by atoms with Crippen LogP contribution in [0.25, 0.3) is 0 Å². The maximum Gasteiger partial charge on any atom is 0.303 e. The van der Waals surface area contributed by atoms with Crippen molar-refractivity contribution >= 4 is 11.7 Å². The lowest BCUT2D eigenvalue weighted by Crippen LogP contribution is -2.39. The first-order chi connectivity index (χ1) is 9.10. The van der Waals surface area contributed by atoms with Crippen LogP contribution in [0.5, 0.6) is 5.75 Å². The molecule has 1 aromatic rings. The van der Waals surface area contributed by atoms with Gasteiger partial charge in [-0.2, -0.15) is 0 Å². The average Bonchev–Trinajstić information content (AvgIpc) is 2.37. The molecule has 1 atom stereocenters. The Morgan fingerprint density at radius 1 is 1.58 bits per heavy atom. The van der Waals surface area contributed by atoms with Gasteiger partial charge in [0, 0.05) is 19.5 Å². The number of ether oxygens (including phenoxy) is 1. The highest BCUT2D eigenvalue weighted by molar-refractivity contribution is 5.67. The van der Waals surface area contributed by atoms with E-state index in [2.05, 4.69) is 4.90 Å². The van der Waals surface area contributed by atoms with E-state index in [0.29, 0.717) is 13.0 Å². The highest BCUT2D eigenvalue weighted by atomic mass is 16.5. The van der Waals surface area contributed by atoms with Crippen LogP contribution in [-0.4, -0.2) is 30.3 Å². The fraction of sp³-hybridized carbons (Fsp3) is 0.500. The van der Waals surface area contributed by atoms with Crippen molar-refractivity contribution in [1.82, 2.24) is 0 Å². The summed E-state index contributed by atoms with van der Waals surface area (Å²) in [5, 5.41) is 8.70. The van der Waals surface area contributed by atoms with Crippen LogP contribution in [0, 0.1) is 0 Å². The highest BCUT2D eigenvalue weighted by Crippen LogP contribution is 2.34. The van der Waals surface area contributed by atoms with Crippen molar-refractivity contribution in [2.24, 2.45) is 5.73 Å².